The Morgan fingerprint density at radius 3 is 1.53 bits per heavy atom. The second-order valence-corrected chi connectivity index (χ2v) is 3.89. The summed E-state index contributed by atoms with van der Waals surface area (Å²) in [6.07, 6.45) is -0.375. The Bertz CT molecular complexity index is 564. The van der Waals surface area contributed by atoms with E-state index in [1.165, 1.54) is 0 Å². The van der Waals surface area contributed by atoms with Gasteiger partial charge in [0, 0.05) is 18.2 Å². The van der Waals surface area contributed by atoms with Crippen molar-refractivity contribution in [3.05, 3.63) is 71.8 Å². The lowest BCUT2D eigenvalue weighted by atomic mass is 10.2. The minimum absolute atomic E-state index is 0.375. The van der Waals surface area contributed by atoms with Crippen LogP contribution in [0, 0.1) is 23.7 Å². The van der Waals surface area contributed by atoms with Gasteiger partial charge >= 0.3 is 0 Å². The van der Waals surface area contributed by atoms with Crippen LogP contribution in [0.3, 0.4) is 0 Å². The first kappa shape index (κ1) is 13.0. The molecule has 0 saturated carbocycles. The maximum atomic E-state index is 5.25. The predicted molar refractivity (Wildman–Crippen MR) is 77.4 cm³/mol. The van der Waals surface area contributed by atoms with E-state index in [9.17, 15) is 0 Å². The van der Waals surface area contributed by atoms with Crippen LogP contribution in [0.25, 0.3) is 0 Å². The summed E-state index contributed by atoms with van der Waals surface area (Å²) in [5.41, 5.74) is 1.93. The normalized spacial score (nSPS) is 9.16. The number of rotatable bonds is 1. The molecule has 0 amide bonds. The third-order valence-electron chi connectivity index (χ3n) is 2.48. The fourth-order valence-electron chi connectivity index (χ4n) is 1.49. The minimum atomic E-state index is -0.375. The van der Waals surface area contributed by atoms with Crippen molar-refractivity contribution in [2.75, 3.05) is 7.11 Å². The van der Waals surface area contributed by atoms with Crippen LogP contribution in [0.15, 0.2) is 60.7 Å². The molecule has 2 aromatic rings. The second-order valence-electron chi connectivity index (χ2n) is 3.89. The van der Waals surface area contributed by atoms with E-state index < -0.39 is 0 Å². The van der Waals surface area contributed by atoms with Crippen LogP contribution in [-0.2, 0) is 4.74 Å². The lowest BCUT2D eigenvalue weighted by Gasteiger charge is -1.98. The molecular weight excluding hydrogens is 232 g/mol. The summed E-state index contributed by atoms with van der Waals surface area (Å²) in [6, 6.07) is 19.6. The predicted octanol–water partition coefficient (Wildman–Crippen LogP) is 3.10. The van der Waals surface area contributed by atoms with Gasteiger partial charge in [-0.3, -0.25) is 0 Å². The molecule has 0 spiro atoms. The molecular formula is C18H14O. The SMILES string of the molecule is COC(C#Cc1ccccc1)C#Cc1ccccc1. The van der Waals surface area contributed by atoms with Crippen LogP contribution in [-0.4, -0.2) is 13.2 Å². The summed E-state index contributed by atoms with van der Waals surface area (Å²) >= 11 is 0. The standard InChI is InChI=1S/C18H14O/c1-19-18(14-12-16-8-4-2-5-9-16)15-13-17-10-6-3-7-11-17/h2-11,18H,1H3. The number of ether oxygens (including phenoxy) is 1. The van der Waals surface area contributed by atoms with Crippen molar-refractivity contribution in [3.8, 4) is 23.7 Å². The van der Waals surface area contributed by atoms with Crippen molar-refractivity contribution >= 4 is 0 Å². The second kappa shape index (κ2) is 7.07. The van der Waals surface area contributed by atoms with Gasteiger partial charge in [0.25, 0.3) is 0 Å². The van der Waals surface area contributed by atoms with E-state index in [1.807, 2.05) is 60.7 Å². The molecule has 0 N–H and O–H groups in total. The first-order chi connectivity index (χ1) is 9.38. The molecule has 0 unspecified atom stereocenters. The maximum absolute atomic E-state index is 5.25. The van der Waals surface area contributed by atoms with E-state index in [0.29, 0.717) is 0 Å². The summed E-state index contributed by atoms with van der Waals surface area (Å²) in [7, 11) is 1.62. The zero-order valence-corrected chi connectivity index (χ0v) is 10.8. The van der Waals surface area contributed by atoms with Gasteiger partial charge in [-0.2, -0.15) is 0 Å². The molecule has 1 heteroatoms. The number of hydrogen-bond donors (Lipinski definition) is 0. The number of hydrogen-bond acceptors (Lipinski definition) is 1. The quantitative estimate of drug-likeness (QED) is 0.703. The summed E-state index contributed by atoms with van der Waals surface area (Å²) in [6.45, 7) is 0. The lowest BCUT2D eigenvalue weighted by molar-refractivity contribution is 0.191. The Balaban J connectivity index is 2.10. The minimum Gasteiger partial charge on any atom is -0.357 e. The van der Waals surface area contributed by atoms with Gasteiger partial charge in [-0.25, -0.2) is 0 Å². The summed E-state index contributed by atoms with van der Waals surface area (Å²) in [5, 5.41) is 0. The first-order valence-electron chi connectivity index (χ1n) is 6.04. The van der Waals surface area contributed by atoms with Gasteiger partial charge in [-0.15, -0.1) is 0 Å². The zero-order chi connectivity index (χ0) is 13.3. The van der Waals surface area contributed by atoms with Gasteiger partial charge < -0.3 is 4.74 Å². The van der Waals surface area contributed by atoms with Crippen LogP contribution in [0.1, 0.15) is 11.1 Å². The molecule has 0 aliphatic carbocycles. The van der Waals surface area contributed by atoms with Gasteiger partial charge in [0.05, 0.1) is 0 Å². The Labute approximate surface area is 114 Å². The summed E-state index contributed by atoms with van der Waals surface area (Å²) in [4.78, 5) is 0. The van der Waals surface area contributed by atoms with Gasteiger partial charge in [0.2, 0.25) is 0 Å². The molecule has 0 aliphatic rings. The van der Waals surface area contributed by atoms with Gasteiger partial charge in [0.1, 0.15) is 0 Å². The molecule has 19 heavy (non-hydrogen) atoms. The Morgan fingerprint density at radius 1 is 0.737 bits per heavy atom. The fourth-order valence-corrected chi connectivity index (χ4v) is 1.49. The largest absolute Gasteiger partial charge is 0.357 e. The summed E-state index contributed by atoms with van der Waals surface area (Å²) in [5.74, 6) is 12.1. The van der Waals surface area contributed by atoms with Crippen LogP contribution in [0.5, 0.6) is 0 Å². The van der Waals surface area contributed by atoms with E-state index in [4.69, 9.17) is 4.74 Å². The van der Waals surface area contributed by atoms with Crippen molar-refractivity contribution in [1.82, 2.24) is 0 Å². The molecule has 0 bridgehead atoms. The molecule has 0 aromatic heterocycles. The van der Waals surface area contributed by atoms with Crippen molar-refractivity contribution in [3.63, 3.8) is 0 Å². The van der Waals surface area contributed by atoms with Crippen molar-refractivity contribution in [2.24, 2.45) is 0 Å². The number of benzene rings is 2. The van der Waals surface area contributed by atoms with E-state index >= 15 is 0 Å². The molecule has 2 rings (SSSR count). The molecule has 0 heterocycles. The smallest absolute Gasteiger partial charge is 0.179 e. The van der Waals surface area contributed by atoms with E-state index in [0.717, 1.165) is 11.1 Å². The highest BCUT2D eigenvalue weighted by atomic mass is 16.5. The van der Waals surface area contributed by atoms with Crippen LogP contribution < -0.4 is 0 Å². The fraction of sp³-hybridized carbons (Fsp3) is 0.111. The third kappa shape index (κ3) is 4.36. The maximum Gasteiger partial charge on any atom is 0.179 e. The van der Waals surface area contributed by atoms with Gasteiger partial charge in [0.15, 0.2) is 6.10 Å². The Hall–Kier alpha value is -2.48. The van der Waals surface area contributed by atoms with E-state index in [-0.39, 0.29) is 6.10 Å². The van der Waals surface area contributed by atoms with Crippen LogP contribution in [0.2, 0.25) is 0 Å². The Kier molecular flexibility index (Phi) is 4.82. The summed E-state index contributed by atoms with van der Waals surface area (Å²) < 4.78 is 5.25. The molecule has 92 valence electrons. The van der Waals surface area contributed by atoms with Crippen molar-refractivity contribution < 1.29 is 4.74 Å². The lowest BCUT2D eigenvalue weighted by Crippen LogP contribution is -2.03. The highest BCUT2D eigenvalue weighted by molar-refractivity contribution is 5.39. The van der Waals surface area contributed by atoms with Crippen molar-refractivity contribution in [1.29, 1.82) is 0 Å². The number of methoxy groups -OCH3 is 1. The van der Waals surface area contributed by atoms with Crippen LogP contribution >= 0.6 is 0 Å². The highest BCUT2D eigenvalue weighted by Crippen LogP contribution is 1.98. The molecule has 1 nitrogen and oxygen atoms in total. The molecule has 2 aromatic carbocycles. The monoisotopic (exact) mass is 246 g/mol. The topological polar surface area (TPSA) is 9.23 Å². The Morgan fingerprint density at radius 2 is 1.16 bits per heavy atom. The third-order valence-corrected chi connectivity index (χ3v) is 2.48. The van der Waals surface area contributed by atoms with E-state index in [2.05, 4.69) is 23.7 Å². The van der Waals surface area contributed by atoms with Crippen molar-refractivity contribution in [2.45, 2.75) is 6.10 Å². The average Bonchev–Trinajstić information content (AvgIpc) is 2.49. The first-order valence-corrected chi connectivity index (χ1v) is 6.04. The van der Waals surface area contributed by atoms with Gasteiger partial charge in [-0.05, 0) is 24.3 Å². The zero-order valence-electron chi connectivity index (χ0n) is 10.8. The molecule has 0 radical (unpaired) electrons. The molecule has 0 atom stereocenters. The molecule has 0 aliphatic heterocycles. The van der Waals surface area contributed by atoms with Crippen LogP contribution in [0.4, 0.5) is 0 Å². The average molecular weight is 246 g/mol. The van der Waals surface area contributed by atoms with Gasteiger partial charge in [-0.1, -0.05) is 60.1 Å². The highest BCUT2D eigenvalue weighted by Gasteiger charge is 1.95. The van der Waals surface area contributed by atoms with E-state index in [1.54, 1.807) is 7.11 Å². The molecule has 0 saturated heterocycles. The molecule has 0 fully saturated rings.